The minimum atomic E-state index is -0.741. The summed E-state index contributed by atoms with van der Waals surface area (Å²) in [4.78, 5) is 12.8. The van der Waals surface area contributed by atoms with Gasteiger partial charge in [0.05, 0.1) is 0 Å². The van der Waals surface area contributed by atoms with Crippen molar-refractivity contribution in [3.63, 3.8) is 0 Å². The zero-order valence-electron chi connectivity index (χ0n) is 14.4. The van der Waals surface area contributed by atoms with Crippen LogP contribution in [-0.2, 0) is 0 Å². The summed E-state index contributed by atoms with van der Waals surface area (Å²) in [6, 6.07) is 4.20. The Morgan fingerprint density at radius 1 is 1.00 bits per heavy atom. The predicted molar refractivity (Wildman–Crippen MR) is 97.0 cm³/mol. The summed E-state index contributed by atoms with van der Waals surface area (Å²) in [6.07, 6.45) is 6.93. The fraction of sp³-hybridized carbons (Fsp3) is 0.471. The number of aliphatic hydroxyl groups is 1. The van der Waals surface area contributed by atoms with E-state index in [-0.39, 0.29) is 18.6 Å². The Kier molecular flexibility index (Phi) is 6.00. The zero-order valence-corrected chi connectivity index (χ0v) is 14.4. The van der Waals surface area contributed by atoms with Gasteiger partial charge in [0.25, 0.3) is 0 Å². The lowest BCUT2D eigenvalue weighted by Gasteiger charge is -2.17. The number of halogens is 1. The van der Waals surface area contributed by atoms with Gasteiger partial charge in [-0.25, -0.2) is 4.39 Å². The molecule has 1 aliphatic carbocycles. The number of aliphatic hydroxyl groups excluding tert-OH is 1. The van der Waals surface area contributed by atoms with Crippen LogP contribution in [-0.4, -0.2) is 37.9 Å². The number of rotatable bonds is 6. The first-order valence-electron chi connectivity index (χ1n) is 8.77. The second kappa shape index (κ2) is 8.61. The summed E-state index contributed by atoms with van der Waals surface area (Å²) in [7, 11) is 0. The third kappa shape index (κ3) is 4.92. The van der Waals surface area contributed by atoms with Gasteiger partial charge < -0.3 is 26.2 Å². The van der Waals surface area contributed by atoms with Crippen molar-refractivity contribution in [1.29, 1.82) is 0 Å². The minimum absolute atomic E-state index is 0.206. The van der Waals surface area contributed by atoms with Gasteiger partial charge >= 0.3 is 0 Å². The third-order valence-electron chi connectivity index (χ3n) is 4.26. The molecule has 0 spiro atoms. The first-order chi connectivity index (χ1) is 12.6. The molecule has 26 heavy (non-hydrogen) atoms. The lowest BCUT2D eigenvalue weighted by Crippen LogP contribution is -2.21. The maximum Gasteiger partial charge on any atom is 0.233 e. The quantitative estimate of drug-likeness (QED) is 0.303. The molecular formula is C17H23FN6O2. The van der Waals surface area contributed by atoms with E-state index < -0.39 is 11.6 Å². The van der Waals surface area contributed by atoms with Crippen LogP contribution >= 0.6 is 0 Å². The molecular weight excluding hydrogens is 339 g/mol. The molecule has 8 nitrogen and oxygen atoms in total. The molecule has 1 saturated carbocycles. The van der Waals surface area contributed by atoms with Crippen molar-refractivity contribution in [2.45, 2.75) is 44.6 Å². The van der Waals surface area contributed by atoms with Crippen LogP contribution in [0.5, 0.6) is 5.75 Å². The van der Waals surface area contributed by atoms with E-state index in [1.165, 1.54) is 37.8 Å². The summed E-state index contributed by atoms with van der Waals surface area (Å²) in [6.45, 7) is -0.319. The number of nitrogens with zero attached hydrogens (tertiary/aromatic N) is 3. The highest BCUT2D eigenvalue weighted by molar-refractivity contribution is 5.57. The lowest BCUT2D eigenvalue weighted by molar-refractivity contribution is 0.324. The van der Waals surface area contributed by atoms with Crippen LogP contribution in [0.4, 0.5) is 27.9 Å². The molecule has 1 fully saturated rings. The molecule has 9 heteroatoms. The maximum atomic E-state index is 13.5. The van der Waals surface area contributed by atoms with E-state index in [1.807, 2.05) is 0 Å². The smallest absolute Gasteiger partial charge is 0.233 e. The topological polar surface area (TPSA) is 115 Å². The fourth-order valence-corrected chi connectivity index (χ4v) is 2.97. The van der Waals surface area contributed by atoms with E-state index in [1.54, 1.807) is 0 Å². The van der Waals surface area contributed by atoms with Crippen LogP contribution in [0.1, 0.15) is 38.5 Å². The van der Waals surface area contributed by atoms with Crippen molar-refractivity contribution < 1.29 is 14.6 Å². The molecule has 0 atom stereocenters. The van der Waals surface area contributed by atoms with Gasteiger partial charge in [0.15, 0.2) is 11.6 Å². The summed E-state index contributed by atoms with van der Waals surface area (Å²) < 4.78 is 13.5. The second-order valence-electron chi connectivity index (χ2n) is 6.27. The number of nitrogens with one attached hydrogen (secondary N) is 3. The number of anilines is 4. The Hall–Kier alpha value is -2.68. The van der Waals surface area contributed by atoms with Crippen molar-refractivity contribution in [2.24, 2.45) is 0 Å². The number of hydrogen-bond donors (Lipinski definition) is 5. The van der Waals surface area contributed by atoms with E-state index in [2.05, 4.69) is 30.9 Å². The average molecular weight is 362 g/mol. The minimum Gasteiger partial charge on any atom is -0.505 e. The molecule has 0 bridgehead atoms. The van der Waals surface area contributed by atoms with Crippen LogP contribution in [0.15, 0.2) is 18.2 Å². The summed E-state index contributed by atoms with van der Waals surface area (Å²) >= 11 is 0. The largest absolute Gasteiger partial charge is 0.505 e. The molecule has 3 rings (SSSR count). The van der Waals surface area contributed by atoms with Gasteiger partial charge in [0.2, 0.25) is 17.8 Å². The number of aromatic hydroxyl groups is 1. The lowest BCUT2D eigenvalue weighted by atomic mass is 10.1. The molecule has 140 valence electrons. The predicted octanol–water partition coefficient (Wildman–Crippen LogP) is 2.96. The Labute approximate surface area is 150 Å². The highest BCUT2D eigenvalue weighted by Crippen LogP contribution is 2.23. The number of benzene rings is 1. The number of phenols is 1. The zero-order chi connectivity index (χ0) is 18.4. The summed E-state index contributed by atoms with van der Waals surface area (Å²) in [5.74, 6) is -0.360. The van der Waals surface area contributed by atoms with Crippen LogP contribution in [0.3, 0.4) is 0 Å². The Morgan fingerprint density at radius 2 is 1.69 bits per heavy atom. The van der Waals surface area contributed by atoms with Crippen LogP contribution in [0, 0.1) is 5.82 Å². The molecule has 0 radical (unpaired) electrons. The van der Waals surface area contributed by atoms with Crippen LogP contribution < -0.4 is 16.0 Å². The first kappa shape index (κ1) is 18.1. The molecule has 2 aromatic rings. The van der Waals surface area contributed by atoms with E-state index in [0.29, 0.717) is 17.7 Å². The summed E-state index contributed by atoms with van der Waals surface area (Å²) in [5, 5.41) is 27.2. The van der Waals surface area contributed by atoms with Gasteiger partial charge in [-0.15, -0.1) is 0 Å². The SMILES string of the molecule is OCNc1nc(Nc2ccc(O)c(F)c2)nc(NC2CCCCCC2)n1. The van der Waals surface area contributed by atoms with Gasteiger partial charge in [-0.1, -0.05) is 25.7 Å². The molecule has 0 aliphatic heterocycles. The molecule has 5 N–H and O–H groups in total. The summed E-state index contributed by atoms with van der Waals surface area (Å²) in [5.41, 5.74) is 0.391. The molecule has 1 aromatic heterocycles. The number of hydrogen-bond acceptors (Lipinski definition) is 8. The highest BCUT2D eigenvalue weighted by atomic mass is 19.1. The van der Waals surface area contributed by atoms with Crippen molar-refractivity contribution in [2.75, 3.05) is 22.7 Å². The molecule has 1 aromatic carbocycles. The van der Waals surface area contributed by atoms with E-state index in [0.717, 1.165) is 18.9 Å². The second-order valence-corrected chi connectivity index (χ2v) is 6.27. The van der Waals surface area contributed by atoms with Crippen molar-refractivity contribution in [3.05, 3.63) is 24.0 Å². The molecule has 1 heterocycles. The van der Waals surface area contributed by atoms with Crippen molar-refractivity contribution >= 4 is 23.5 Å². The Bertz CT molecular complexity index is 737. The molecule has 0 amide bonds. The number of phenolic OH excluding ortho intramolecular Hbond substituents is 1. The average Bonchev–Trinajstić information content (AvgIpc) is 2.87. The first-order valence-corrected chi connectivity index (χ1v) is 8.77. The van der Waals surface area contributed by atoms with Crippen molar-refractivity contribution in [1.82, 2.24) is 15.0 Å². The van der Waals surface area contributed by atoms with Gasteiger partial charge in [-0.2, -0.15) is 15.0 Å². The monoisotopic (exact) mass is 362 g/mol. The normalized spacial score (nSPS) is 15.3. The van der Waals surface area contributed by atoms with Gasteiger partial charge in [-0.3, -0.25) is 0 Å². The van der Waals surface area contributed by atoms with Crippen molar-refractivity contribution in [3.8, 4) is 5.75 Å². The Balaban J connectivity index is 1.79. The third-order valence-corrected chi connectivity index (χ3v) is 4.26. The fourth-order valence-electron chi connectivity index (χ4n) is 2.97. The van der Waals surface area contributed by atoms with E-state index in [4.69, 9.17) is 5.11 Å². The molecule has 1 aliphatic rings. The van der Waals surface area contributed by atoms with Gasteiger partial charge in [-0.05, 0) is 25.0 Å². The standard InChI is InChI=1S/C17H23FN6O2/c18-13-9-12(7-8-14(13)26)21-17-23-15(19-10-25)22-16(24-17)20-11-5-3-1-2-4-6-11/h7-9,11,25-26H,1-6,10H2,(H3,19,20,21,22,23,24). The van der Waals surface area contributed by atoms with Gasteiger partial charge in [0, 0.05) is 17.8 Å². The maximum absolute atomic E-state index is 13.5. The Morgan fingerprint density at radius 3 is 2.38 bits per heavy atom. The molecule has 0 saturated heterocycles. The highest BCUT2D eigenvalue weighted by Gasteiger charge is 2.15. The van der Waals surface area contributed by atoms with E-state index in [9.17, 15) is 9.50 Å². The van der Waals surface area contributed by atoms with E-state index >= 15 is 0 Å². The van der Waals surface area contributed by atoms with Crippen LogP contribution in [0.2, 0.25) is 0 Å². The number of aromatic nitrogens is 3. The van der Waals surface area contributed by atoms with Crippen LogP contribution in [0.25, 0.3) is 0 Å². The van der Waals surface area contributed by atoms with Gasteiger partial charge in [0.1, 0.15) is 6.73 Å². The molecule has 0 unspecified atom stereocenters.